The van der Waals surface area contributed by atoms with E-state index in [0.717, 1.165) is 31.1 Å². The monoisotopic (exact) mass is 291 g/mol. The highest BCUT2D eigenvalue weighted by Crippen LogP contribution is 2.40. The fraction of sp³-hybridized carbons (Fsp3) is 0.643. The normalized spacial score (nSPS) is 10.7. The topological polar surface area (TPSA) is 71.4 Å². The average Bonchev–Trinajstić information content (AvgIpc) is 2.43. The molecule has 19 heavy (non-hydrogen) atoms. The van der Waals surface area contributed by atoms with Crippen molar-refractivity contribution < 1.29 is 0 Å². The van der Waals surface area contributed by atoms with Crippen molar-refractivity contribution >= 4 is 15.8 Å². The summed E-state index contributed by atoms with van der Waals surface area (Å²) in [5, 5.41) is 25.9. The maximum atomic E-state index is 8.64. The van der Waals surface area contributed by atoms with Gasteiger partial charge in [0.15, 0.2) is 0 Å². The Bertz CT molecular complexity index is 399. The van der Waals surface area contributed by atoms with Gasteiger partial charge in [0, 0.05) is 19.3 Å². The first-order valence-corrected chi connectivity index (χ1v) is 9.82. The van der Waals surface area contributed by atoms with Crippen molar-refractivity contribution in [1.29, 1.82) is 15.8 Å². The van der Waals surface area contributed by atoms with E-state index in [1.54, 1.807) is 0 Å². The van der Waals surface area contributed by atoms with Crippen molar-refractivity contribution in [2.24, 2.45) is 0 Å². The summed E-state index contributed by atoms with van der Waals surface area (Å²) in [6.07, 6.45) is 6.33. The molecule has 0 aliphatic rings. The zero-order valence-corrected chi connectivity index (χ0v) is 13.2. The lowest BCUT2D eigenvalue weighted by Crippen LogP contribution is -1.89. The van der Waals surface area contributed by atoms with Crippen LogP contribution in [-0.2, 0) is 0 Å². The van der Waals surface area contributed by atoms with Crippen LogP contribution in [0.2, 0.25) is 0 Å². The molecule has 0 N–H and O–H groups in total. The van der Waals surface area contributed by atoms with Crippen LogP contribution in [0.1, 0.15) is 32.6 Å². The highest BCUT2D eigenvalue weighted by Gasteiger charge is 2.06. The van der Waals surface area contributed by atoms with Crippen molar-refractivity contribution in [1.82, 2.24) is 0 Å². The molecule has 0 rings (SSSR count). The third kappa shape index (κ3) is 10.5. The molecular formula is C14H19N3P2. The Hall–Kier alpha value is -1.11. The highest BCUT2D eigenvalue weighted by molar-refractivity contribution is 7.66. The molecule has 1 atom stereocenters. The summed E-state index contributed by atoms with van der Waals surface area (Å²) in [6, 6.07) is 6.48. The minimum Gasteiger partial charge on any atom is -0.198 e. The van der Waals surface area contributed by atoms with Crippen LogP contribution in [0.15, 0.2) is 0 Å². The van der Waals surface area contributed by atoms with E-state index in [1.807, 2.05) is 0 Å². The largest absolute Gasteiger partial charge is 0.198 e. The summed E-state index contributed by atoms with van der Waals surface area (Å²) in [4.78, 5) is 0. The van der Waals surface area contributed by atoms with Gasteiger partial charge in [0.25, 0.3) is 0 Å². The summed E-state index contributed by atoms with van der Waals surface area (Å²) in [5.41, 5.74) is 6.66. The lowest BCUT2D eigenvalue weighted by atomic mass is 10.5. The van der Waals surface area contributed by atoms with Gasteiger partial charge in [-0.1, -0.05) is 24.7 Å². The molecule has 5 heteroatoms. The molecule has 0 saturated carbocycles. The molecule has 0 aromatic carbocycles. The van der Waals surface area contributed by atoms with E-state index < -0.39 is 7.92 Å². The summed E-state index contributed by atoms with van der Waals surface area (Å²) >= 11 is 0. The molecule has 0 aromatic heterocycles. The van der Waals surface area contributed by atoms with Crippen LogP contribution >= 0.6 is 15.8 Å². The summed E-state index contributed by atoms with van der Waals surface area (Å²) < 4.78 is 0. The van der Waals surface area contributed by atoms with Gasteiger partial charge in [-0.3, -0.25) is 0 Å². The van der Waals surface area contributed by atoms with Gasteiger partial charge < -0.3 is 0 Å². The molecule has 1 unspecified atom stereocenters. The fourth-order valence-electron chi connectivity index (χ4n) is 1.41. The van der Waals surface area contributed by atoms with Crippen LogP contribution in [0.5, 0.6) is 0 Å². The first-order valence-electron chi connectivity index (χ1n) is 6.40. The van der Waals surface area contributed by atoms with Gasteiger partial charge in [-0.15, -0.1) is 0 Å². The predicted molar refractivity (Wildman–Crippen MR) is 82.1 cm³/mol. The zero-order chi connectivity index (χ0) is 14.3. The van der Waals surface area contributed by atoms with E-state index in [9.17, 15) is 0 Å². The number of hydrogen-bond donors (Lipinski definition) is 0. The molecule has 0 aliphatic carbocycles. The van der Waals surface area contributed by atoms with Crippen LogP contribution in [-0.4, -0.2) is 24.6 Å². The number of hydrogen-bond acceptors (Lipinski definition) is 3. The minimum absolute atomic E-state index is 0.362. The molecule has 0 bridgehead atoms. The quantitative estimate of drug-likeness (QED) is 0.501. The second-order valence-electron chi connectivity index (χ2n) is 3.92. The van der Waals surface area contributed by atoms with Crippen LogP contribution < -0.4 is 0 Å². The highest BCUT2D eigenvalue weighted by atomic mass is 31.1. The Morgan fingerprint density at radius 3 is 1.37 bits per heavy atom. The van der Waals surface area contributed by atoms with Crippen molar-refractivity contribution in [3.63, 3.8) is 0 Å². The number of nitrogens with zero attached hydrogens (tertiary/aromatic N) is 3. The van der Waals surface area contributed by atoms with E-state index in [-0.39, 0.29) is 7.92 Å². The molecule has 0 heterocycles. The van der Waals surface area contributed by atoms with Gasteiger partial charge in [0.1, 0.15) is 0 Å². The molecule has 0 aromatic rings. The van der Waals surface area contributed by atoms with E-state index >= 15 is 0 Å². The smallest absolute Gasteiger partial charge is 0.0625 e. The predicted octanol–water partition coefficient (Wildman–Crippen LogP) is 4.02. The fourth-order valence-corrected chi connectivity index (χ4v) is 5.09. The second-order valence-corrected chi connectivity index (χ2v) is 8.32. The van der Waals surface area contributed by atoms with Crippen molar-refractivity contribution in [3.05, 3.63) is 0 Å². The van der Waals surface area contributed by atoms with E-state index in [1.165, 1.54) is 0 Å². The second kappa shape index (κ2) is 13.3. The molecule has 0 fully saturated rings. The molecular weight excluding hydrogens is 272 g/mol. The van der Waals surface area contributed by atoms with Gasteiger partial charge in [0.2, 0.25) is 0 Å². The number of rotatable bonds is 8. The van der Waals surface area contributed by atoms with E-state index in [4.69, 9.17) is 15.8 Å². The maximum Gasteiger partial charge on any atom is 0.0625 e. The molecule has 0 radical (unpaired) electrons. The summed E-state index contributed by atoms with van der Waals surface area (Å²) in [5.74, 6) is 0. The van der Waals surface area contributed by atoms with Crippen molar-refractivity contribution in [3.8, 4) is 29.5 Å². The van der Waals surface area contributed by atoms with Crippen LogP contribution in [0.4, 0.5) is 0 Å². The van der Waals surface area contributed by atoms with Gasteiger partial charge >= 0.3 is 0 Å². The first-order chi connectivity index (χ1) is 9.28. The number of nitriles is 3. The molecule has 0 aliphatic heterocycles. The summed E-state index contributed by atoms with van der Waals surface area (Å²) in [7, 11) is -0.866. The first kappa shape index (κ1) is 17.9. The van der Waals surface area contributed by atoms with Crippen LogP contribution in [0, 0.1) is 45.3 Å². The van der Waals surface area contributed by atoms with Gasteiger partial charge in [0.05, 0.1) is 18.2 Å². The lowest BCUT2D eigenvalue weighted by Gasteiger charge is -2.09. The summed E-state index contributed by atoms with van der Waals surface area (Å²) in [6.45, 7) is 2.14. The molecule has 100 valence electrons. The molecule has 3 nitrogen and oxygen atoms in total. The average molecular weight is 291 g/mol. The third-order valence-corrected chi connectivity index (χ3v) is 6.65. The maximum absolute atomic E-state index is 8.64. The van der Waals surface area contributed by atoms with E-state index in [2.05, 4.69) is 36.5 Å². The van der Waals surface area contributed by atoms with Crippen molar-refractivity contribution in [2.45, 2.75) is 32.6 Å². The SMILES string of the molecule is CCCP(C#CP(CCC#N)CCC#N)CCC#N. The van der Waals surface area contributed by atoms with Crippen molar-refractivity contribution in [2.75, 3.05) is 24.6 Å². The minimum atomic E-state index is -0.503. The van der Waals surface area contributed by atoms with E-state index in [0.29, 0.717) is 19.3 Å². The van der Waals surface area contributed by atoms with Gasteiger partial charge in [-0.2, -0.15) is 15.8 Å². The van der Waals surface area contributed by atoms with Gasteiger partial charge in [-0.05, 0) is 40.5 Å². The Morgan fingerprint density at radius 1 is 0.684 bits per heavy atom. The molecule has 0 spiro atoms. The molecule has 0 saturated heterocycles. The Balaban J connectivity index is 4.49. The third-order valence-electron chi connectivity index (χ3n) is 2.34. The van der Waals surface area contributed by atoms with Crippen LogP contribution in [0.25, 0.3) is 0 Å². The molecule has 0 amide bonds. The van der Waals surface area contributed by atoms with Gasteiger partial charge in [-0.25, -0.2) is 0 Å². The Morgan fingerprint density at radius 2 is 1.05 bits per heavy atom. The Labute approximate surface area is 119 Å². The standard InChI is InChI=1S/C14H19N3P2/c1-2-9-18(10-3-6-15)13-14-19(11-4-7-16)12-5-8-17/h2-5,9-12H2,1H3. The lowest BCUT2D eigenvalue weighted by molar-refractivity contribution is 1.09. The zero-order valence-electron chi connectivity index (χ0n) is 11.4. The van der Waals surface area contributed by atoms with Crippen LogP contribution in [0.3, 0.4) is 0 Å². The Kier molecular flexibility index (Phi) is 12.5.